The summed E-state index contributed by atoms with van der Waals surface area (Å²) >= 11 is 0. The molecule has 0 bridgehead atoms. The van der Waals surface area contributed by atoms with Crippen LogP contribution in [0.2, 0.25) is 0 Å². The zero-order chi connectivity index (χ0) is 28.0. The Hall–Kier alpha value is -3.31. The van der Waals surface area contributed by atoms with Gasteiger partial charge in [0.05, 0.1) is 5.60 Å². The standard InChI is InChI=1S/C29H40N8O3/c1-16-8-10-18(11-9-16)15-37-22-23(31-17(2)19-6-5-7-19)32-25(26-35-28(38)40-36-26)33-24(22)34-27(37)21-14-20(12-13-30-21)29(3,4)39/h12-14,16-19,26,36,39H,5-11,15H2,1-4H3,(H,35,38)(H,31,32,33)/t16?,17-,18?,26?/m1/s1. The third-order valence-electron chi connectivity index (χ3n) is 8.90. The topological polar surface area (TPSA) is 139 Å². The minimum Gasteiger partial charge on any atom is -0.386 e. The molecule has 6 rings (SSSR count). The highest BCUT2D eigenvalue weighted by molar-refractivity contribution is 5.87. The van der Waals surface area contributed by atoms with Crippen molar-refractivity contribution in [1.29, 1.82) is 0 Å². The van der Waals surface area contributed by atoms with Crippen LogP contribution < -0.4 is 16.1 Å². The highest BCUT2D eigenvalue weighted by atomic mass is 16.7. The van der Waals surface area contributed by atoms with Gasteiger partial charge in [-0.25, -0.2) is 19.7 Å². The lowest BCUT2D eigenvalue weighted by atomic mass is 9.80. The summed E-state index contributed by atoms with van der Waals surface area (Å²) in [6.07, 6.45) is 8.87. The summed E-state index contributed by atoms with van der Waals surface area (Å²) < 4.78 is 2.23. The van der Waals surface area contributed by atoms with E-state index in [0.29, 0.717) is 40.6 Å². The number of imidazole rings is 1. The first kappa shape index (κ1) is 26.9. The average Bonchev–Trinajstić information content (AvgIpc) is 3.47. The van der Waals surface area contributed by atoms with Gasteiger partial charge in [-0.15, -0.1) is 5.48 Å². The van der Waals surface area contributed by atoms with E-state index in [1.54, 1.807) is 20.0 Å². The number of fused-ring (bicyclic) bond motifs is 1. The summed E-state index contributed by atoms with van der Waals surface area (Å²) in [5, 5.41) is 17.1. The number of amides is 1. The summed E-state index contributed by atoms with van der Waals surface area (Å²) in [5.41, 5.74) is 4.47. The van der Waals surface area contributed by atoms with Crippen molar-refractivity contribution in [2.24, 2.45) is 17.8 Å². The number of hydrogen-bond acceptors (Lipinski definition) is 9. The Balaban J connectivity index is 1.50. The van der Waals surface area contributed by atoms with E-state index < -0.39 is 17.9 Å². The van der Waals surface area contributed by atoms with Gasteiger partial charge in [0.2, 0.25) is 0 Å². The van der Waals surface area contributed by atoms with Crippen molar-refractivity contribution in [3.63, 3.8) is 0 Å². The molecule has 0 spiro atoms. The molecule has 1 unspecified atom stereocenters. The summed E-state index contributed by atoms with van der Waals surface area (Å²) in [4.78, 5) is 36.1. The highest BCUT2D eigenvalue weighted by Gasteiger charge is 2.32. The minimum atomic E-state index is -1.02. The van der Waals surface area contributed by atoms with Gasteiger partial charge in [-0.05, 0) is 81.9 Å². The Morgan fingerprint density at radius 2 is 1.95 bits per heavy atom. The Morgan fingerprint density at radius 3 is 2.60 bits per heavy atom. The number of pyridine rings is 1. The lowest BCUT2D eigenvalue weighted by Gasteiger charge is -2.32. The molecule has 11 nitrogen and oxygen atoms in total. The van der Waals surface area contributed by atoms with Crippen molar-refractivity contribution in [1.82, 2.24) is 35.3 Å². The van der Waals surface area contributed by atoms with Crippen LogP contribution in [0.15, 0.2) is 18.3 Å². The third-order valence-corrected chi connectivity index (χ3v) is 8.90. The van der Waals surface area contributed by atoms with Crippen LogP contribution in [0.25, 0.3) is 22.7 Å². The van der Waals surface area contributed by atoms with Gasteiger partial charge in [0.1, 0.15) is 11.2 Å². The van der Waals surface area contributed by atoms with Gasteiger partial charge in [-0.2, -0.15) is 0 Å². The van der Waals surface area contributed by atoms with Crippen molar-refractivity contribution in [3.8, 4) is 11.5 Å². The van der Waals surface area contributed by atoms with Crippen molar-refractivity contribution in [2.45, 2.75) is 97.0 Å². The molecule has 1 saturated heterocycles. The molecule has 2 aliphatic carbocycles. The van der Waals surface area contributed by atoms with Crippen LogP contribution in [0.3, 0.4) is 0 Å². The highest BCUT2D eigenvalue weighted by Crippen LogP contribution is 2.36. The van der Waals surface area contributed by atoms with Gasteiger partial charge in [-0.3, -0.25) is 10.3 Å². The SMILES string of the molecule is CC1CCC(Cn2c(-c3cc(C(C)(C)O)ccn3)nc3nc(C4NOC(=O)N4)nc(N[C@H](C)C4CCC4)c32)CC1. The van der Waals surface area contributed by atoms with E-state index in [4.69, 9.17) is 19.8 Å². The molecular formula is C29H40N8O3. The van der Waals surface area contributed by atoms with Crippen LogP contribution in [0.4, 0.5) is 10.6 Å². The number of aromatic nitrogens is 5. The second kappa shape index (κ2) is 10.6. The monoisotopic (exact) mass is 548 g/mol. The first-order chi connectivity index (χ1) is 19.2. The molecule has 214 valence electrons. The lowest BCUT2D eigenvalue weighted by molar-refractivity contribution is 0.0785. The molecule has 11 heteroatoms. The summed E-state index contributed by atoms with van der Waals surface area (Å²) in [5.74, 6) is 3.62. The number of carbonyl (C=O) groups is 1. The maximum Gasteiger partial charge on any atom is 0.427 e. The van der Waals surface area contributed by atoms with Gasteiger partial charge in [0, 0.05) is 18.8 Å². The van der Waals surface area contributed by atoms with Crippen LogP contribution in [-0.4, -0.2) is 41.7 Å². The largest absolute Gasteiger partial charge is 0.427 e. The summed E-state index contributed by atoms with van der Waals surface area (Å²) in [7, 11) is 0. The molecule has 40 heavy (non-hydrogen) atoms. The second-order valence-corrected chi connectivity index (χ2v) is 12.5. The summed E-state index contributed by atoms with van der Waals surface area (Å²) in [6, 6.07) is 3.96. The quantitative estimate of drug-likeness (QED) is 0.313. The number of carbonyl (C=O) groups excluding carboxylic acids is 1. The van der Waals surface area contributed by atoms with E-state index in [1.807, 2.05) is 12.1 Å². The molecule has 4 heterocycles. The maximum atomic E-state index is 11.8. The van der Waals surface area contributed by atoms with Crippen molar-refractivity contribution >= 4 is 23.1 Å². The van der Waals surface area contributed by atoms with Gasteiger partial charge >= 0.3 is 6.09 Å². The number of aliphatic hydroxyl groups is 1. The molecule has 3 aromatic heterocycles. The van der Waals surface area contributed by atoms with Gasteiger partial charge < -0.3 is 19.8 Å². The molecule has 1 amide bonds. The van der Waals surface area contributed by atoms with E-state index >= 15 is 0 Å². The first-order valence-corrected chi connectivity index (χ1v) is 14.6. The maximum absolute atomic E-state index is 11.8. The molecule has 2 atom stereocenters. The predicted molar refractivity (Wildman–Crippen MR) is 151 cm³/mol. The fraction of sp³-hybridized carbons (Fsp3) is 0.621. The van der Waals surface area contributed by atoms with Gasteiger partial charge in [0.25, 0.3) is 0 Å². The Morgan fingerprint density at radius 1 is 1.18 bits per heavy atom. The second-order valence-electron chi connectivity index (χ2n) is 12.5. The first-order valence-electron chi connectivity index (χ1n) is 14.6. The summed E-state index contributed by atoms with van der Waals surface area (Å²) in [6.45, 7) is 8.85. The Kier molecular flexibility index (Phi) is 7.12. The molecule has 3 aliphatic rings. The lowest BCUT2D eigenvalue weighted by Crippen LogP contribution is -2.32. The third kappa shape index (κ3) is 5.36. The number of hydroxylamine groups is 1. The normalized spacial score (nSPS) is 24.4. The minimum absolute atomic E-state index is 0.223. The van der Waals surface area contributed by atoms with Gasteiger partial charge in [0.15, 0.2) is 29.3 Å². The van der Waals surface area contributed by atoms with E-state index in [1.165, 1.54) is 32.1 Å². The van der Waals surface area contributed by atoms with E-state index in [0.717, 1.165) is 36.4 Å². The number of nitrogens with zero attached hydrogens (tertiary/aromatic N) is 5. The van der Waals surface area contributed by atoms with Crippen LogP contribution >= 0.6 is 0 Å². The smallest absolute Gasteiger partial charge is 0.386 e. The molecule has 4 N–H and O–H groups in total. The van der Waals surface area contributed by atoms with Crippen LogP contribution in [0, 0.1) is 17.8 Å². The number of anilines is 1. The van der Waals surface area contributed by atoms with E-state index in [2.05, 4.69) is 39.5 Å². The Labute approximate surface area is 234 Å². The average molecular weight is 549 g/mol. The van der Waals surface area contributed by atoms with Crippen LogP contribution in [0.1, 0.15) is 90.2 Å². The fourth-order valence-electron chi connectivity index (χ4n) is 6.04. The van der Waals surface area contributed by atoms with Crippen molar-refractivity contribution < 1.29 is 14.7 Å². The zero-order valence-corrected chi connectivity index (χ0v) is 23.8. The molecule has 2 saturated carbocycles. The molecular weight excluding hydrogens is 508 g/mol. The fourth-order valence-corrected chi connectivity index (χ4v) is 6.04. The van der Waals surface area contributed by atoms with E-state index in [9.17, 15) is 9.90 Å². The zero-order valence-electron chi connectivity index (χ0n) is 23.8. The number of nitrogens with one attached hydrogen (secondary N) is 3. The van der Waals surface area contributed by atoms with E-state index in [-0.39, 0.29) is 6.04 Å². The Bertz CT molecular complexity index is 1390. The van der Waals surface area contributed by atoms with Crippen molar-refractivity contribution in [3.05, 3.63) is 29.7 Å². The molecule has 0 aromatic carbocycles. The molecule has 3 aromatic rings. The van der Waals surface area contributed by atoms with Crippen LogP contribution in [-0.2, 0) is 17.0 Å². The molecule has 3 fully saturated rings. The molecule has 1 aliphatic heterocycles. The predicted octanol–water partition coefficient (Wildman–Crippen LogP) is 4.79. The van der Waals surface area contributed by atoms with Crippen molar-refractivity contribution in [2.75, 3.05) is 5.32 Å². The number of hydrogen-bond donors (Lipinski definition) is 4. The van der Waals surface area contributed by atoms with Crippen LogP contribution in [0.5, 0.6) is 0 Å². The van der Waals surface area contributed by atoms with Gasteiger partial charge in [-0.1, -0.05) is 26.2 Å². The molecule has 0 radical (unpaired) electrons. The number of rotatable bonds is 8.